The van der Waals surface area contributed by atoms with E-state index in [0.29, 0.717) is 6.10 Å². The van der Waals surface area contributed by atoms with Crippen molar-refractivity contribution in [2.75, 3.05) is 4.90 Å². The van der Waals surface area contributed by atoms with Crippen LogP contribution >= 0.6 is 12.2 Å². The van der Waals surface area contributed by atoms with Gasteiger partial charge in [0.25, 0.3) is 0 Å². The standard InChI is InChI=1S/C27H32N4OS/c1-4-30-18(2)17-23(19(30)3)26-25(24-11-7-8-16-28-24)29-27(33)31(26)20-12-14-22(15-13-20)32-21-9-5-6-10-21/h7-8,11-17,21,25-26H,4-6,9-10H2,1-3H3,(H,29,33)/t25-,26+/m1/s1. The summed E-state index contributed by atoms with van der Waals surface area (Å²) in [6.45, 7) is 7.53. The molecule has 1 saturated carbocycles. The lowest BCUT2D eigenvalue weighted by Gasteiger charge is -2.28. The van der Waals surface area contributed by atoms with Crippen LogP contribution in [-0.2, 0) is 6.54 Å². The highest BCUT2D eigenvalue weighted by Gasteiger charge is 2.42. The lowest BCUT2D eigenvalue weighted by Crippen LogP contribution is -2.29. The van der Waals surface area contributed by atoms with E-state index in [0.717, 1.165) is 41.6 Å². The molecule has 1 aromatic carbocycles. The molecule has 0 bridgehead atoms. The second-order valence-electron chi connectivity index (χ2n) is 9.09. The summed E-state index contributed by atoms with van der Waals surface area (Å²) in [5.74, 6) is 0.936. The van der Waals surface area contributed by atoms with E-state index in [2.05, 4.69) is 76.9 Å². The lowest BCUT2D eigenvalue weighted by atomic mass is 9.96. The first-order valence-corrected chi connectivity index (χ1v) is 12.4. The molecule has 2 fully saturated rings. The number of hydrogen-bond donors (Lipinski definition) is 1. The second kappa shape index (κ2) is 9.18. The fourth-order valence-electron chi connectivity index (χ4n) is 5.45. The van der Waals surface area contributed by atoms with Gasteiger partial charge in [0, 0.05) is 29.8 Å². The van der Waals surface area contributed by atoms with Crippen molar-refractivity contribution in [2.24, 2.45) is 0 Å². The minimum atomic E-state index is -0.0288. The molecule has 1 N–H and O–H groups in total. The fraction of sp³-hybridized carbons (Fsp3) is 0.407. The Kier molecular flexibility index (Phi) is 6.11. The predicted molar refractivity (Wildman–Crippen MR) is 137 cm³/mol. The highest BCUT2D eigenvalue weighted by molar-refractivity contribution is 7.80. The summed E-state index contributed by atoms with van der Waals surface area (Å²) < 4.78 is 8.56. The highest BCUT2D eigenvalue weighted by atomic mass is 32.1. The third kappa shape index (κ3) is 4.12. The highest BCUT2D eigenvalue weighted by Crippen LogP contribution is 2.43. The van der Waals surface area contributed by atoms with Gasteiger partial charge >= 0.3 is 0 Å². The van der Waals surface area contributed by atoms with Gasteiger partial charge in [0.05, 0.1) is 23.9 Å². The molecule has 5 rings (SSSR count). The smallest absolute Gasteiger partial charge is 0.174 e. The summed E-state index contributed by atoms with van der Waals surface area (Å²) in [6.07, 6.45) is 7.05. The van der Waals surface area contributed by atoms with E-state index in [-0.39, 0.29) is 12.1 Å². The van der Waals surface area contributed by atoms with Crippen LogP contribution in [0.2, 0.25) is 0 Å². The molecule has 172 valence electrons. The van der Waals surface area contributed by atoms with Crippen molar-refractivity contribution in [3.05, 3.63) is 77.4 Å². The minimum absolute atomic E-state index is 0.0144. The van der Waals surface area contributed by atoms with Crippen LogP contribution in [0.15, 0.2) is 54.7 Å². The van der Waals surface area contributed by atoms with Gasteiger partial charge in [-0.15, -0.1) is 0 Å². The summed E-state index contributed by atoms with van der Waals surface area (Å²) in [6, 6.07) is 16.8. The molecular formula is C27H32N4OS. The van der Waals surface area contributed by atoms with Crippen molar-refractivity contribution in [3.63, 3.8) is 0 Å². The Morgan fingerprint density at radius 1 is 1.09 bits per heavy atom. The zero-order valence-corrected chi connectivity index (χ0v) is 20.4. The van der Waals surface area contributed by atoms with E-state index < -0.39 is 0 Å². The van der Waals surface area contributed by atoms with E-state index in [9.17, 15) is 0 Å². The predicted octanol–water partition coefficient (Wildman–Crippen LogP) is 6.02. The van der Waals surface area contributed by atoms with Gasteiger partial charge in [-0.3, -0.25) is 4.98 Å². The zero-order chi connectivity index (χ0) is 22.9. The molecule has 3 aromatic rings. The number of anilines is 1. The Balaban J connectivity index is 1.52. The molecular weight excluding hydrogens is 428 g/mol. The molecule has 2 aromatic heterocycles. The Labute approximate surface area is 201 Å². The third-order valence-electron chi connectivity index (χ3n) is 7.07. The monoisotopic (exact) mass is 460 g/mol. The van der Waals surface area contributed by atoms with Crippen LogP contribution in [0, 0.1) is 13.8 Å². The van der Waals surface area contributed by atoms with E-state index in [1.54, 1.807) is 0 Å². The number of nitrogens with zero attached hydrogens (tertiary/aromatic N) is 3. The molecule has 2 aliphatic rings. The van der Waals surface area contributed by atoms with Crippen LogP contribution in [-0.4, -0.2) is 20.8 Å². The van der Waals surface area contributed by atoms with Gasteiger partial charge in [0.15, 0.2) is 5.11 Å². The largest absolute Gasteiger partial charge is 0.490 e. The summed E-state index contributed by atoms with van der Waals surface area (Å²) in [7, 11) is 0. The van der Waals surface area contributed by atoms with Crippen LogP contribution in [0.1, 0.15) is 67.3 Å². The summed E-state index contributed by atoms with van der Waals surface area (Å²) >= 11 is 5.89. The van der Waals surface area contributed by atoms with Gasteiger partial charge in [0.1, 0.15) is 5.75 Å². The van der Waals surface area contributed by atoms with E-state index >= 15 is 0 Å². The van der Waals surface area contributed by atoms with Crippen molar-refractivity contribution in [2.45, 2.75) is 71.2 Å². The number of nitrogens with one attached hydrogen (secondary N) is 1. The van der Waals surface area contributed by atoms with Gasteiger partial charge in [-0.05, 0) is 107 Å². The first-order chi connectivity index (χ1) is 16.1. The maximum absolute atomic E-state index is 6.19. The Morgan fingerprint density at radius 3 is 2.48 bits per heavy atom. The quantitative estimate of drug-likeness (QED) is 0.456. The number of pyridine rings is 1. The number of benzene rings is 1. The molecule has 1 saturated heterocycles. The zero-order valence-electron chi connectivity index (χ0n) is 19.6. The number of hydrogen-bond acceptors (Lipinski definition) is 3. The van der Waals surface area contributed by atoms with E-state index in [1.165, 1.54) is 29.8 Å². The van der Waals surface area contributed by atoms with Crippen LogP contribution < -0.4 is 15.0 Å². The third-order valence-corrected chi connectivity index (χ3v) is 7.38. The lowest BCUT2D eigenvalue weighted by molar-refractivity contribution is 0.210. The van der Waals surface area contributed by atoms with Gasteiger partial charge in [-0.2, -0.15) is 0 Å². The summed E-state index contributed by atoms with van der Waals surface area (Å²) in [4.78, 5) is 6.92. The average Bonchev–Trinajstić information content (AvgIpc) is 3.53. The van der Waals surface area contributed by atoms with E-state index in [4.69, 9.17) is 17.0 Å². The first-order valence-electron chi connectivity index (χ1n) is 12.0. The molecule has 0 amide bonds. The number of thiocarbonyl (C=S) groups is 1. The number of aromatic nitrogens is 2. The van der Waals surface area contributed by atoms with Crippen LogP contribution in [0.4, 0.5) is 5.69 Å². The Hall–Kier alpha value is -2.86. The second-order valence-corrected chi connectivity index (χ2v) is 9.47. The van der Waals surface area contributed by atoms with Gasteiger partial charge in [0.2, 0.25) is 0 Å². The van der Waals surface area contributed by atoms with Crippen LogP contribution in [0.3, 0.4) is 0 Å². The molecule has 6 heteroatoms. The van der Waals surface area contributed by atoms with Gasteiger partial charge < -0.3 is 19.5 Å². The molecule has 1 aliphatic heterocycles. The number of ether oxygens (including phenoxy) is 1. The van der Waals surface area contributed by atoms with Crippen molar-refractivity contribution < 1.29 is 4.74 Å². The van der Waals surface area contributed by atoms with Gasteiger partial charge in [-0.1, -0.05) is 6.07 Å². The Bertz CT molecular complexity index is 1120. The molecule has 2 atom stereocenters. The Morgan fingerprint density at radius 2 is 1.85 bits per heavy atom. The van der Waals surface area contributed by atoms with Crippen LogP contribution in [0.25, 0.3) is 0 Å². The van der Waals surface area contributed by atoms with Gasteiger partial charge in [-0.25, -0.2) is 0 Å². The first kappa shape index (κ1) is 22.0. The van der Waals surface area contributed by atoms with Crippen LogP contribution in [0.5, 0.6) is 5.75 Å². The maximum Gasteiger partial charge on any atom is 0.174 e. The van der Waals surface area contributed by atoms with Crippen molar-refractivity contribution in [1.82, 2.24) is 14.9 Å². The summed E-state index contributed by atoms with van der Waals surface area (Å²) in [5.41, 5.74) is 5.89. The molecule has 3 heterocycles. The molecule has 0 radical (unpaired) electrons. The molecule has 33 heavy (non-hydrogen) atoms. The maximum atomic E-state index is 6.19. The van der Waals surface area contributed by atoms with E-state index in [1.807, 2.05) is 18.3 Å². The molecule has 5 nitrogen and oxygen atoms in total. The average molecular weight is 461 g/mol. The molecule has 0 spiro atoms. The molecule has 1 aliphatic carbocycles. The van der Waals surface area contributed by atoms with Crippen molar-refractivity contribution >= 4 is 23.0 Å². The number of rotatable bonds is 6. The molecule has 0 unspecified atom stereocenters. The SMILES string of the molecule is CCn1c(C)cc([C@H]2[C@@H](c3ccccn3)NC(=S)N2c2ccc(OC3CCCC3)cc2)c1C. The summed E-state index contributed by atoms with van der Waals surface area (Å²) in [5, 5.41) is 4.29. The van der Waals surface area contributed by atoms with Crippen molar-refractivity contribution in [3.8, 4) is 5.75 Å². The topological polar surface area (TPSA) is 42.3 Å². The number of aryl methyl sites for hydroxylation is 1. The fourth-order valence-corrected chi connectivity index (χ4v) is 5.79. The normalized spacial score (nSPS) is 20.9. The van der Waals surface area contributed by atoms with Crippen molar-refractivity contribution in [1.29, 1.82) is 0 Å². The minimum Gasteiger partial charge on any atom is -0.490 e.